The zero-order valence-corrected chi connectivity index (χ0v) is 14.2. The quantitative estimate of drug-likeness (QED) is 0.800. The number of anilines is 1. The molecule has 6 heteroatoms. The lowest BCUT2D eigenvalue weighted by Gasteiger charge is -2.09. The standard InChI is InChI=1S/C18H21N5O/c1-4-16-21-17(14-10-20-23(3)18(14)22-16)19-9-12-5-6-15-13(8-12)7-11(2)24-15/h5-6,8,10-11H,4,7,9H2,1-3H3,(H,19,21,22)/t11-/m0/s1. The zero-order valence-electron chi connectivity index (χ0n) is 14.2. The molecule has 0 spiro atoms. The minimum Gasteiger partial charge on any atom is -0.490 e. The zero-order chi connectivity index (χ0) is 16.7. The number of fused-ring (bicyclic) bond motifs is 2. The lowest BCUT2D eigenvalue weighted by Crippen LogP contribution is -2.06. The van der Waals surface area contributed by atoms with Gasteiger partial charge in [0.1, 0.15) is 23.5 Å². The predicted molar refractivity (Wildman–Crippen MR) is 93.2 cm³/mol. The highest BCUT2D eigenvalue weighted by molar-refractivity contribution is 5.86. The van der Waals surface area contributed by atoms with Crippen LogP contribution in [0.4, 0.5) is 5.82 Å². The van der Waals surface area contributed by atoms with E-state index in [2.05, 4.69) is 52.4 Å². The molecule has 1 N–H and O–H groups in total. The van der Waals surface area contributed by atoms with E-state index in [0.29, 0.717) is 6.54 Å². The fourth-order valence-electron chi connectivity index (χ4n) is 3.13. The van der Waals surface area contributed by atoms with Gasteiger partial charge in [0, 0.05) is 26.4 Å². The number of aromatic nitrogens is 4. The Morgan fingerprint density at radius 2 is 2.21 bits per heavy atom. The van der Waals surface area contributed by atoms with Crippen LogP contribution in [0.3, 0.4) is 0 Å². The average molecular weight is 323 g/mol. The van der Waals surface area contributed by atoms with Gasteiger partial charge in [-0.2, -0.15) is 5.10 Å². The van der Waals surface area contributed by atoms with E-state index in [9.17, 15) is 0 Å². The number of benzene rings is 1. The van der Waals surface area contributed by atoms with Crippen molar-refractivity contribution in [3.8, 4) is 5.75 Å². The van der Waals surface area contributed by atoms with Gasteiger partial charge in [-0.25, -0.2) is 9.97 Å². The Morgan fingerprint density at radius 1 is 1.33 bits per heavy atom. The molecule has 2 aromatic heterocycles. The number of hydrogen-bond acceptors (Lipinski definition) is 5. The monoisotopic (exact) mass is 323 g/mol. The van der Waals surface area contributed by atoms with Crippen LogP contribution in [-0.2, 0) is 26.4 Å². The summed E-state index contributed by atoms with van der Waals surface area (Å²) in [5, 5.41) is 8.70. The Kier molecular flexibility index (Phi) is 3.59. The molecular weight excluding hydrogens is 302 g/mol. The molecule has 4 rings (SSSR count). The summed E-state index contributed by atoms with van der Waals surface area (Å²) in [6.45, 7) is 4.87. The van der Waals surface area contributed by atoms with Crippen molar-refractivity contribution in [1.29, 1.82) is 0 Å². The van der Waals surface area contributed by atoms with Crippen molar-refractivity contribution < 1.29 is 4.74 Å². The second-order valence-corrected chi connectivity index (χ2v) is 6.28. The molecule has 0 amide bonds. The van der Waals surface area contributed by atoms with Crippen LogP contribution in [0, 0.1) is 0 Å². The van der Waals surface area contributed by atoms with Gasteiger partial charge >= 0.3 is 0 Å². The summed E-state index contributed by atoms with van der Waals surface area (Å²) in [7, 11) is 1.90. The highest BCUT2D eigenvalue weighted by Gasteiger charge is 2.19. The van der Waals surface area contributed by atoms with Gasteiger partial charge < -0.3 is 10.1 Å². The third-order valence-corrected chi connectivity index (χ3v) is 4.38. The van der Waals surface area contributed by atoms with Gasteiger partial charge in [0.05, 0.1) is 11.6 Å². The SMILES string of the molecule is CCc1nc(NCc2ccc3c(c2)C[C@H](C)O3)c2cnn(C)c2n1. The number of nitrogens with zero attached hydrogens (tertiary/aromatic N) is 4. The third-order valence-electron chi connectivity index (χ3n) is 4.38. The Bertz CT molecular complexity index is 902. The van der Waals surface area contributed by atoms with Crippen LogP contribution in [0.5, 0.6) is 5.75 Å². The van der Waals surface area contributed by atoms with Crippen LogP contribution in [0.25, 0.3) is 11.0 Å². The van der Waals surface area contributed by atoms with Crippen molar-refractivity contribution in [2.45, 2.75) is 39.3 Å². The minimum absolute atomic E-state index is 0.271. The maximum atomic E-state index is 5.76. The number of aryl methyl sites for hydroxylation is 2. The lowest BCUT2D eigenvalue weighted by atomic mass is 10.1. The topological polar surface area (TPSA) is 64.9 Å². The second kappa shape index (κ2) is 5.78. The van der Waals surface area contributed by atoms with Crippen LogP contribution in [0.15, 0.2) is 24.4 Å². The molecule has 1 aliphatic heterocycles. The molecular formula is C18H21N5O. The van der Waals surface area contributed by atoms with E-state index in [-0.39, 0.29) is 6.10 Å². The van der Waals surface area contributed by atoms with Crippen molar-refractivity contribution in [1.82, 2.24) is 19.7 Å². The molecule has 0 aliphatic carbocycles. The van der Waals surface area contributed by atoms with E-state index in [4.69, 9.17) is 4.74 Å². The summed E-state index contributed by atoms with van der Waals surface area (Å²) in [6, 6.07) is 6.38. The smallest absolute Gasteiger partial charge is 0.163 e. The van der Waals surface area contributed by atoms with Gasteiger partial charge in [-0.05, 0) is 24.1 Å². The third kappa shape index (κ3) is 2.58. The van der Waals surface area contributed by atoms with Crippen molar-refractivity contribution in [2.24, 2.45) is 7.05 Å². The summed E-state index contributed by atoms with van der Waals surface area (Å²) >= 11 is 0. The van der Waals surface area contributed by atoms with Gasteiger partial charge in [0.25, 0.3) is 0 Å². The Balaban J connectivity index is 1.60. The first-order valence-corrected chi connectivity index (χ1v) is 8.35. The molecule has 1 aliphatic rings. The molecule has 0 saturated carbocycles. The van der Waals surface area contributed by atoms with Gasteiger partial charge in [-0.3, -0.25) is 4.68 Å². The Labute approximate surface area is 140 Å². The van der Waals surface area contributed by atoms with E-state index >= 15 is 0 Å². The van der Waals surface area contributed by atoms with E-state index in [1.165, 1.54) is 11.1 Å². The highest BCUT2D eigenvalue weighted by atomic mass is 16.5. The molecule has 0 bridgehead atoms. The molecule has 124 valence electrons. The van der Waals surface area contributed by atoms with Crippen LogP contribution < -0.4 is 10.1 Å². The lowest BCUT2D eigenvalue weighted by molar-refractivity contribution is 0.254. The molecule has 0 unspecified atom stereocenters. The molecule has 1 atom stereocenters. The molecule has 24 heavy (non-hydrogen) atoms. The van der Waals surface area contributed by atoms with Crippen molar-refractivity contribution in [3.63, 3.8) is 0 Å². The van der Waals surface area contributed by atoms with Crippen LogP contribution >= 0.6 is 0 Å². The van der Waals surface area contributed by atoms with Gasteiger partial charge in [-0.15, -0.1) is 0 Å². The van der Waals surface area contributed by atoms with E-state index < -0.39 is 0 Å². The number of ether oxygens (including phenoxy) is 1. The number of rotatable bonds is 4. The van der Waals surface area contributed by atoms with Gasteiger partial charge in [-0.1, -0.05) is 19.1 Å². The number of hydrogen-bond donors (Lipinski definition) is 1. The van der Waals surface area contributed by atoms with Crippen molar-refractivity contribution in [3.05, 3.63) is 41.3 Å². The molecule has 3 heterocycles. The predicted octanol–water partition coefficient (Wildman–Crippen LogP) is 2.86. The summed E-state index contributed by atoms with van der Waals surface area (Å²) in [4.78, 5) is 9.19. The normalized spacial score (nSPS) is 16.2. The first-order valence-electron chi connectivity index (χ1n) is 8.35. The molecule has 0 radical (unpaired) electrons. The second-order valence-electron chi connectivity index (χ2n) is 6.28. The maximum absolute atomic E-state index is 5.76. The Morgan fingerprint density at radius 3 is 3.04 bits per heavy atom. The average Bonchev–Trinajstić information content (AvgIpc) is 3.14. The molecule has 1 aromatic carbocycles. The van der Waals surface area contributed by atoms with Gasteiger partial charge in [0.2, 0.25) is 0 Å². The highest BCUT2D eigenvalue weighted by Crippen LogP contribution is 2.29. The summed E-state index contributed by atoms with van der Waals surface area (Å²) < 4.78 is 7.55. The van der Waals surface area contributed by atoms with Crippen LogP contribution in [0.2, 0.25) is 0 Å². The fraction of sp³-hybridized carbons (Fsp3) is 0.389. The molecule has 0 saturated heterocycles. The summed E-state index contributed by atoms with van der Waals surface area (Å²) in [5.41, 5.74) is 3.37. The summed E-state index contributed by atoms with van der Waals surface area (Å²) in [5.74, 6) is 2.68. The van der Waals surface area contributed by atoms with E-state index in [1.807, 2.05) is 13.2 Å². The molecule has 6 nitrogen and oxygen atoms in total. The first kappa shape index (κ1) is 14.9. The summed E-state index contributed by atoms with van der Waals surface area (Å²) in [6.07, 6.45) is 3.86. The van der Waals surface area contributed by atoms with E-state index in [1.54, 1.807) is 4.68 Å². The van der Waals surface area contributed by atoms with E-state index in [0.717, 1.165) is 41.3 Å². The van der Waals surface area contributed by atoms with Crippen molar-refractivity contribution >= 4 is 16.9 Å². The van der Waals surface area contributed by atoms with Gasteiger partial charge in [0.15, 0.2) is 5.65 Å². The largest absolute Gasteiger partial charge is 0.490 e. The number of nitrogens with one attached hydrogen (secondary N) is 1. The molecule has 3 aromatic rings. The van der Waals surface area contributed by atoms with Crippen LogP contribution in [0.1, 0.15) is 30.8 Å². The maximum Gasteiger partial charge on any atom is 0.163 e. The Hall–Kier alpha value is -2.63. The first-order chi connectivity index (χ1) is 11.6. The fourth-order valence-corrected chi connectivity index (χ4v) is 3.13. The van der Waals surface area contributed by atoms with Crippen LogP contribution in [-0.4, -0.2) is 25.9 Å². The minimum atomic E-state index is 0.271. The molecule has 0 fully saturated rings. The van der Waals surface area contributed by atoms with Crippen molar-refractivity contribution in [2.75, 3.05) is 5.32 Å².